The molecule has 2 amide bonds. The van der Waals surface area contributed by atoms with Crippen LogP contribution in [0.4, 0.5) is 5.69 Å². The number of para-hydroxylation sites is 1. The number of carbonyl (C=O) groups excluding carboxylic acids is 2. The highest BCUT2D eigenvalue weighted by molar-refractivity contribution is 6.08. The standard InChI is InChI=1S/C22H25N5O2/c1-25(2)13-7-12-23-21(28)19-18-10-5-6-14-26(18)20(24-19)22(29)27-15-11-16-8-3-4-9-17(16)27/h3-6,8-10,14H,7,11-13,15H2,1-2H3,(H,23,28). The topological polar surface area (TPSA) is 70.0 Å². The number of hydrogen-bond acceptors (Lipinski definition) is 4. The largest absolute Gasteiger partial charge is 0.351 e. The van der Waals surface area contributed by atoms with E-state index in [1.807, 2.05) is 56.6 Å². The molecular formula is C22H25N5O2. The van der Waals surface area contributed by atoms with Gasteiger partial charge in [0.1, 0.15) is 0 Å². The lowest BCUT2D eigenvalue weighted by Crippen LogP contribution is -2.31. The lowest BCUT2D eigenvalue weighted by atomic mass is 10.2. The van der Waals surface area contributed by atoms with Crippen molar-refractivity contribution in [2.75, 3.05) is 38.6 Å². The van der Waals surface area contributed by atoms with Gasteiger partial charge in [-0.25, -0.2) is 4.98 Å². The van der Waals surface area contributed by atoms with Crippen LogP contribution in [0.15, 0.2) is 48.7 Å². The van der Waals surface area contributed by atoms with Crippen LogP contribution in [0.1, 0.15) is 33.1 Å². The fourth-order valence-corrected chi connectivity index (χ4v) is 3.71. The molecule has 1 N–H and O–H groups in total. The number of aromatic nitrogens is 2. The smallest absolute Gasteiger partial charge is 0.294 e. The Morgan fingerprint density at radius 1 is 1.14 bits per heavy atom. The van der Waals surface area contributed by atoms with Crippen molar-refractivity contribution < 1.29 is 9.59 Å². The van der Waals surface area contributed by atoms with Gasteiger partial charge >= 0.3 is 0 Å². The molecule has 1 aliphatic rings. The lowest BCUT2D eigenvalue weighted by Gasteiger charge is -2.16. The van der Waals surface area contributed by atoms with E-state index in [9.17, 15) is 9.59 Å². The number of imidazole rings is 1. The van der Waals surface area contributed by atoms with E-state index >= 15 is 0 Å². The van der Waals surface area contributed by atoms with Gasteiger partial charge in [0.05, 0.1) is 5.52 Å². The third-order valence-corrected chi connectivity index (χ3v) is 5.15. The van der Waals surface area contributed by atoms with E-state index in [4.69, 9.17) is 0 Å². The van der Waals surface area contributed by atoms with Crippen LogP contribution in [0.25, 0.3) is 5.52 Å². The van der Waals surface area contributed by atoms with Crippen LogP contribution in [-0.2, 0) is 6.42 Å². The molecule has 150 valence electrons. The number of hydrogen-bond donors (Lipinski definition) is 1. The van der Waals surface area contributed by atoms with Crippen molar-refractivity contribution in [2.45, 2.75) is 12.8 Å². The zero-order valence-corrected chi connectivity index (χ0v) is 16.8. The normalized spacial score (nSPS) is 13.1. The second-order valence-corrected chi connectivity index (χ2v) is 7.49. The van der Waals surface area contributed by atoms with Gasteiger partial charge in [0.15, 0.2) is 5.69 Å². The third-order valence-electron chi connectivity index (χ3n) is 5.15. The molecule has 0 bridgehead atoms. The van der Waals surface area contributed by atoms with Gasteiger partial charge in [-0.15, -0.1) is 0 Å². The molecule has 1 aromatic carbocycles. The van der Waals surface area contributed by atoms with Crippen LogP contribution in [-0.4, -0.2) is 59.8 Å². The number of fused-ring (bicyclic) bond motifs is 2. The Bertz CT molecular complexity index is 1060. The second kappa shape index (κ2) is 8.05. The minimum absolute atomic E-state index is 0.192. The molecule has 0 aliphatic carbocycles. The van der Waals surface area contributed by atoms with Crippen molar-refractivity contribution in [2.24, 2.45) is 0 Å². The number of benzene rings is 1. The second-order valence-electron chi connectivity index (χ2n) is 7.49. The number of pyridine rings is 1. The van der Waals surface area contributed by atoms with E-state index in [2.05, 4.69) is 15.2 Å². The molecule has 0 spiro atoms. The summed E-state index contributed by atoms with van der Waals surface area (Å²) in [5, 5.41) is 2.92. The van der Waals surface area contributed by atoms with Gasteiger partial charge in [-0.1, -0.05) is 24.3 Å². The molecule has 0 radical (unpaired) electrons. The summed E-state index contributed by atoms with van der Waals surface area (Å²) < 4.78 is 1.71. The molecule has 29 heavy (non-hydrogen) atoms. The Hall–Kier alpha value is -3.19. The number of nitrogens with zero attached hydrogens (tertiary/aromatic N) is 4. The minimum atomic E-state index is -0.256. The highest BCUT2D eigenvalue weighted by Crippen LogP contribution is 2.29. The first-order chi connectivity index (χ1) is 14.1. The predicted octanol–water partition coefficient (Wildman–Crippen LogP) is 2.22. The Morgan fingerprint density at radius 2 is 1.93 bits per heavy atom. The van der Waals surface area contributed by atoms with Crippen LogP contribution in [0.2, 0.25) is 0 Å². The highest BCUT2D eigenvalue weighted by Gasteiger charge is 2.29. The maximum absolute atomic E-state index is 13.3. The SMILES string of the molecule is CN(C)CCCNC(=O)c1nc(C(=O)N2CCc3ccccc32)n2ccccc12. The van der Waals surface area contributed by atoms with E-state index in [0.29, 0.717) is 18.6 Å². The average Bonchev–Trinajstić information content (AvgIpc) is 3.32. The first-order valence-corrected chi connectivity index (χ1v) is 9.86. The number of amides is 2. The Balaban J connectivity index is 1.61. The van der Waals surface area contributed by atoms with E-state index in [-0.39, 0.29) is 23.3 Å². The van der Waals surface area contributed by atoms with Crippen LogP contribution < -0.4 is 10.2 Å². The molecule has 4 rings (SSSR count). The zero-order valence-electron chi connectivity index (χ0n) is 16.8. The van der Waals surface area contributed by atoms with Crippen LogP contribution in [0.3, 0.4) is 0 Å². The van der Waals surface area contributed by atoms with Crippen LogP contribution in [0, 0.1) is 0 Å². The summed E-state index contributed by atoms with van der Waals surface area (Å²) in [5.41, 5.74) is 2.99. The molecule has 2 aromatic heterocycles. The fraction of sp³-hybridized carbons (Fsp3) is 0.318. The van der Waals surface area contributed by atoms with Crippen molar-refractivity contribution >= 4 is 23.0 Å². The molecular weight excluding hydrogens is 366 g/mol. The molecule has 3 heterocycles. The van der Waals surface area contributed by atoms with Crippen molar-refractivity contribution in [1.29, 1.82) is 0 Å². The Morgan fingerprint density at radius 3 is 2.76 bits per heavy atom. The van der Waals surface area contributed by atoms with Crippen LogP contribution >= 0.6 is 0 Å². The monoisotopic (exact) mass is 391 g/mol. The fourth-order valence-electron chi connectivity index (χ4n) is 3.71. The summed E-state index contributed by atoms with van der Waals surface area (Å²) in [7, 11) is 4.00. The van der Waals surface area contributed by atoms with Gasteiger partial charge in [-0.2, -0.15) is 0 Å². The first kappa shape index (κ1) is 19.1. The molecule has 1 aliphatic heterocycles. The van der Waals surface area contributed by atoms with Crippen molar-refractivity contribution in [1.82, 2.24) is 19.6 Å². The molecule has 3 aromatic rings. The van der Waals surface area contributed by atoms with E-state index in [1.54, 1.807) is 15.5 Å². The van der Waals surface area contributed by atoms with Crippen molar-refractivity contribution in [3.8, 4) is 0 Å². The average molecular weight is 391 g/mol. The van der Waals surface area contributed by atoms with Gasteiger partial charge in [-0.05, 0) is 57.2 Å². The summed E-state index contributed by atoms with van der Waals surface area (Å²) >= 11 is 0. The first-order valence-electron chi connectivity index (χ1n) is 9.86. The minimum Gasteiger partial charge on any atom is -0.351 e. The molecule has 0 saturated heterocycles. The predicted molar refractivity (Wildman–Crippen MR) is 113 cm³/mol. The van der Waals surface area contributed by atoms with Crippen molar-refractivity contribution in [3.05, 3.63) is 65.7 Å². The molecule has 0 fully saturated rings. The molecule has 7 heteroatoms. The van der Waals surface area contributed by atoms with Gasteiger partial charge in [0.2, 0.25) is 5.82 Å². The summed E-state index contributed by atoms with van der Waals surface area (Å²) in [6.45, 7) is 2.07. The van der Waals surface area contributed by atoms with Crippen LogP contribution in [0.5, 0.6) is 0 Å². The Labute approximate surface area is 169 Å². The number of rotatable bonds is 6. The maximum Gasteiger partial charge on any atom is 0.294 e. The van der Waals surface area contributed by atoms with E-state index in [1.165, 1.54) is 0 Å². The molecule has 0 saturated carbocycles. The molecule has 0 unspecified atom stereocenters. The molecule has 7 nitrogen and oxygen atoms in total. The van der Waals surface area contributed by atoms with E-state index < -0.39 is 0 Å². The zero-order chi connectivity index (χ0) is 20.4. The summed E-state index contributed by atoms with van der Waals surface area (Å²) in [6.07, 6.45) is 3.45. The number of nitrogens with one attached hydrogen (secondary N) is 1. The summed E-state index contributed by atoms with van der Waals surface area (Å²) in [5.74, 6) is -0.188. The maximum atomic E-state index is 13.3. The lowest BCUT2D eigenvalue weighted by molar-refractivity contribution is 0.0949. The van der Waals surface area contributed by atoms with Gasteiger partial charge in [-0.3, -0.25) is 14.0 Å². The number of carbonyl (C=O) groups is 2. The van der Waals surface area contributed by atoms with Crippen molar-refractivity contribution in [3.63, 3.8) is 0 Å². The van der Waals surface area contributed by atoms with Gasteiger partial charge < -0.3 is 15.1 Å². The van der Waals surface area contributed by atoms with Gasteiger partial charge in [0.25, 0.3) is 11.8 Å². The summed E-state index contributed by atoms with van der Waals surface area (Å²) in [4.78, 5) is 34.3. The van der Waals surface area contributed by atoms with Gasteiger partial charge in [0, 0.05) is 25.0 Å². The number of anilines is 1. The van der Waals surface area contributed by atoms with E-state index in [0.717, 1.165) is 30.6 Å². The Kier molecular flexibility index (Phi) is 5.31. The highest BCUT2D eigenvalue weighted by atomic mass is 16.2. The summed E-state index contributed by atoms with van der Waals surface area (Å²) in [6, 6.07) is 13.4. The quantitative estimate of drug-likeness (QED) is 0.654. The third kappa shape index (κ3) is 3.73. The molecule has 0 atom stereocenters.